The number of hydrogen-bond donors (Lipinski definition) is 2. The van der Waals surface area contributed by atoms with E-state index in [1.54, 1.807) is 25.3 Å². The molecule has 0 saturated heterocycles. The fourth-order valence-corrected chi connectivity index (χ4v) is 2.19. The van der Waals surface area contributed by atoms with Gasteiger partial charge in [0.05, 0.1) is 23.3 Å². The average molecular weight is 285 g/mol. The Hall–Kier alpha value is -1.79. The van der Waals surface area contributed by atoms with Gasteiger partial charge in [-0.2, -0.15) is 0 Å². The summed E-state index contributed by atoms with van der Waals surface area (Å²) in [5.41, 5.74) is 2.00. The Balaban J connectivity index is 2.33. The maximum absolute atomic E-state index is 10.9. The van der Waals surface area contributed by atoms with Crippen molar-refractivity contribution in [2.75, 3.05) is 12.4 Å². The van der Waals surface area contributed by atoms with Gasteiger partial charge in [-0.1, -0.05) is 11.6 Å². The first-order chi connectivity index (χ1) is 8.61. The van der Waals surface area contributed by atoms with Crippen LogP contribution in [0.2, 0.25) is 5.02 Å². The molecule has 5 nitrogen and oxygen atoms in total. The van der Waals surface area contributed by atoms with Crippen molar-refractivity contribution in [3.05, 3.63) is 34.4 Å². The Labute approximate surface area is 112 Å². The van der Waals surface area contributed by atoms with E-state index in [2.05, 4.69) is 10.3 Å². The molecule has 0 fully saturated rings. The highest BCUT2D eigenvalue weighted by Gasteiger charge is 2.14. The van der Waals surface area contributed by atoms with E-state index in [0.717, 1.165) is 0 Å². The number of methoxy groups -OCH3 is 1. The topological polar surface area (TPSA) is 71.5 Å². The quantitative estimate of drug-likeness (QED) is 0.902. The van der Waals surface area contributed by atoms with Gasteiger partial charge in [-0.05, 0) is 12.1 Å². The molecule has 0 amide bonds. The van der Waals surface area contributed by atoms with Crippen molar-refractivity contribution in [3.8, 4) is 5.75 Å². The molecule has 2 N–H and O–H groups in total. The molecule has 0 saturated carbocycles. The van der Waals surface area contributed by atoms with Crippen LogP contribution in [0, 0.1) is 0 Å². The number of benzene rings is 1. The van der Waals surface area contributed by atoms with Gasteiger partial charge in [0.1, 0.15) is 10.8 Å². The molecule has 2 rings (SSSR count). The first kappa shape index (κ1) is 12.7. The lowest BCUT2D eigenvalue weighted by Gasteiger charge is -2.08. The standard InChI is InChI=1S/C11H9ClN2O3S/c1-17-6-2-3-7(12)8(4-6)14-10-9(11(15)16)13-5-18-10/h2-5,14H,1H3,(H,15,16). The lowest BCUT2D eigenvalue weighted by molar-refractivity contribution is 0.0692. The first-order valence-corrected chi connectivity index (χ1v) is 6.15. The molecule has 18 heavy (non-hydrogen) atoms. The van der Waals surface area contributed by atoms with Gasteiger partial charge in [-0.3, -0.25) is 0 Å². The van der Waals surface area contributed by atoms with E-state index >= 15 is 0 Å². The van der Waals surface area contributed by atoms with Crippen molar-refractivity contribution in [1.29, 1.82) is 0 Å². The molecule has 0 aliphatic rings. The van der Waals surface area contributed by atoms with E-state index in [9.17, 15) is 4.79 Å². The fourth-order valence-electron chi connectivity index (χ4n) is 1.34. The molecule has 0 bridgehead atoms. The van der Waals surface area contributed by atoms with Gasteiger partial charge < -0.3 is 15.2 Å². The number of halogens is 1. The molecule has 2 aromatic rings. The van der Waals surface area contributed by atoms with Gasteiger partial charge in [0.15, 0.2) is 5.69 Å². The molecule has 0 spiro atoms. The Kier molecular flexibility index (Phi) is 3.69. The van der Waals surface area contributed by atoms with Gasteiger partial charge in [-0.15, -0.1) is 11.3 Å². The van der Waals surface area contributed by atoms with Crippen LogP contribution in [0.1, 0.15) is 10.5 Å². The van der Waals surface area contributed by atoms with Crippen LogP contribution in [0.15, 0.2) is 23.7 Å². The number of carboxylic acid groups (broad SMARTS) is 1. The molecule has 94 valence electrons. The van der Waals surface area contributed by atoms with Crippen LogP contribution in [0.3, 0.4) is 0 Å². The number of aromatic nitrogens is 1. The number of aromatic carboxylic acids is 1. The van der Waals surface area contributed by atoms with E-state index in [1.165, 1.54) is 16.8 Å². The lowest BCUT2D eigenvalue weighted by atomic mass is 10.3. The highest BCUT2D eigenvalue weighted by atomic mass is 35.5. The Morgan fingerprint density at radius 2 is 2.33 bits per heavy atom. The second-order valence-electron chi connectivity index (χ2n) is 3.31. The average Bonchev–Trinajstić information content (AvgIpc) is 2.80. The number of nitrogens with zero attached hydrogens (tertiary/aromatic N) is 1. The Morgan fingerprint density at radius 3 is 3.00 bits per heavy atom. The summed E-state index contributed by atoms with van der Waals surface area (Å²) in [5.74, 6) is -0.457. The Morgan fingerprint density at radius 1 is 1.56 bits per heavy atom. The largest absolute Gasteiger partial charge is 0.497 e. The van der Waals surface area contributed by atoms with Crippen LogP contribution in [0.5, 0.6) is 5.75 Å². The van der Waals surface area contributed by atoms with Gasteiger partial charge in [0.2, 0.25) is 0 Å². The molecule has 0 aliphatic heterocycles. The minimum absolute atomic E-state index is 0.0288. The van der Waals surface area contributed by atoms with Crippen LogP contribution < -0.4 is 10.1 Å². The summed E-state index contributed by atoms with van der Waals surface area (Å²) in [7, 11) is 1.54. The fraction of sp³-hybridized carbons (Fsp3) is 0.0909. The normalized spacial score (nSPS) is 10.1. The second kappa shape index (κ2) is 5.24. The highest BCUT2D eigenvalue weighted by Crippen LogP contribution is 2.32. The summed E-state index contributed by atoms with van der Waals surface area (Å²) < 4.78 is 5.08. The van der Waals surface area contributed by atoms with Gasteiger partial charge in [0.25, 0.3) is 0 Å². The van der Waals surface area contributed by atoms with Crippen LogP contribution in [0.4, 0.5) is 10.7 Å². The Bertz CT molecular complexity index is 585. The van der Waals surface area contributed by atoms with E-state index in [4.69, 9.17) is 21.4 Å². The number of ether oxygens (including phenoxy) is 1. The predicted molar refractivity (Wildman–Crippen MR) is 70.4 cm³/mol. The third kappa shape index (κ3) is 2.55. The highest BCUT2D eigenvalue weighted by molar-refractivity contribution is 7.14. The molecular weight excluding hydrogens is 276 g/mol. The van der Waals surface area contributed by atoms with Gasteiger partial charge in [-0.25, -0.2) is 9.78 Å². The summed E-state index contributed by atoms with van der Waals surface area (Å²) in [4.78, 5) is 14.7. The number of carboxylic acids is 1. The van der Waals surface area contributed by atoms with E-state index < -0.39 is 5.97 Å². The summed E-state index contributed by atoms with van der Waals surface area (Å²) in [5, 5.41) is 12.8. The van der Waals surface area contributed by atoms with Crippen molar-refractivity contribution in [2.45, 2.75) is 0 Å². The molecule has 0 unspecified atom stereocenters. The number of hydrogen-bond acceptors (Lipinski definition) is 5. The van der Waals surface area contributed by atoms with Crippen molar-refractivity contribution >= 4 is 39.6 Å². The monoisotopic (exact) mass is 284 g/mol. The lowest BCUT2D eigenvalue weighted by Crippen LogP contribution is -2.01. The first-order valence-electron chi connectivity index (χ1n) is 4.89. The molecule has 1 aromatic heterocycles. The number of thiazole rings is 1. The van der Waals surface area contributed by atoms with E-state index in [0.29, 0.717) is 21.5 Å². The third-order valence-corrected chi connectivity index (χ3v) is 3.26. The molecule has 7 heteroatoms. The van der Waals surface area contributed by atoms with Crippen molar-refractivity contribution in [1.82, 2.24) is 4.98 Å². The molecule has 0 aliphatic carbocycles. The maximum atomic E-state index is 10.9. The zero-order chi connectivity index (χ0) is 13.1. The van der Waals surface area contributed by atoms with E-state index in [1.807, 2.05) is 0 Å². The summed E-state index contributed by atoms with van der Waals surface area (Å²) in [6.45, 7) is 0. The van der Waals surface area contributed by atoms with Crippen LogP contribution in [0.25, 0.3) is 0 Å². The second-order valence-corrected chi connectivity index (χ2v) is 4.57. The summed E-state index contributed by atoms with van der Waals surface area (Å²) in [6, 6.07) is 5.08. The predicted octanol–water partition coefficient (Wildman–Crippen LogP) is 3.25. The van der Waals surface area contributed by atoms with Crippen LogP contribution >= 0.6 is 22.9 Å². The third-order valence-electron chi connectivity index (χ3n) is 2.19. The SMILES string of the molecule is COc1ccc(Cl)c(Nc2scnc2C(=O)O)c1. The van der Waals surface area contributed by atoms with Gasteiger partial charge >= 0.3 is 5.97 Å². The molecule has 1 heterocycles. The molecule has 0 radical (unpaired) electrons. The smallest absolute Gasteiger partial charge is 0.357 e. The minimum Gasteiger partial charge on any atom is -0.497 e. The number of rotatable bonds is 4. The van der Waals surface area contributed by atoms with Crippen LogP contribution in [-0.4, -0.2) is 23.2 Å². The number of anilines is 2. The van der Waals surface area contributed by atoms with Crippen molar-refractivity contribution in [3.63, 3.8) is 0 Å². The molecule has 1 aromatic carbocycles. The van der Waals surface area contributed by atoms with Crippen LogP contribution in [-0.2, 0) is 0 Å². The van der Waals surface area contributed by atoms with E-state index in [-0.39, 0.29) is 5.69 Å². The van der Waals surface area contributed by atoms with Crippen molar-refractivity contribution < 1.29 is 14.6 Å². The molecule has 0 atom stereocenters. The maximum Gasteiger partial charge on any atom is 0.357 e. The van der Waals surface area contributed by atoms with Crippen molar-refractivity contribution in [2.24, 2.45) is 0 Å². The summed E-state index contributed by atoms with van der Waals surface area (Å²) >= 11 is 7.21. The van der Waals surface area contributed by atoms with Gasteiger partial charge in [0, 0.05) is 6.07 Å². The zero-order valence-electron chi connectivity index (χ0n) is 9.31. The molecular formula is C11H9ClN2O3S. The number of nitrogens with one attached hydrogen (secondary N) is 1. The minimum atomic E-state index is -1.09. The number of carbonyl (C=O) groups is 1. The summed E-state index contributed by atoms with van der Waals surface area (Å²) in [6.07, 6.45) is 0. The zero-order valence-corrected chi connectivity index (χ0v) is 10.9.